The summed E-state index contributed by atoms with van der Waals surface area (Å²) < 4.78 is 3.83. The molecule has 3 aromatic heterocycles. The molecule has 2 aliphatic heterocycles. The highest BCUT2D eigenvalue weighted by atomic mass is 32.1. The molecule has 5 rings (SSSR count). The molecule has 0 atom stereocenters. The third kappa shape index (κ3) is 3.28. The topological polar surface area (TPSA) is 75.7 Å². The maximum absolute atomic E-state index is 12.9. The third-order valence-corrected chi connectivity index (χ3v) is 6.76. The van der Waals surface area contributed by atoms with Crippen molar-refractivity contribution < 1.29 is 4.79 Å². The average Bonchev–Trinajstić information content (AvgIpc) is 3.34. The molecule has 152 valence electrons. The quantitative estimate of drug-likeness (QED) is 0.653. The largest absolute Gasteiger partial charge is 0.336 e. The minimum atomic E-state index is -0.287. The lowest BCUT2D eigenvalue weighted by Crippen LogP contribution is -2.49. The molecule has 0 unspecified atom stereocenters. The molecule has 1 amide bonds. The van der Waals surface area contributed by atoms with Crippen molar-refractivity contribution in [1.29, 1.82) is 0 Å². The summed E-state index contributed by atoms with van der Waals surface area (Å²) in [4.78, 5) is 39.2. The van der Waals surface area contributed by atoms with E-state index < -0.39 is 0 Å². The number of piperazine rings is 1. The van der Waals surface area contributed by atoms with Gasteiger partial charge < -0.3 is 9.47 Å². The fraction of sp³-hybridized carbons (Fsp3) is 0.500. The molecule has 9 heteroatoms. The van der Waals surface area contributed by atoms with E-state index in [2.05, 4.69) is 21.4 Å². The average molecular weight is 413 g/mol. The van der Waals surface area contributed by atoms with Crippen molar-refractivity contribution in [1.82, 2.24) is 28.7 Å². The number of imidazole rings is 1. The van der Waals surface area contributed by atoms with Gasteiger partial charge in [0.1, 0.15) is 11.4 Å². The van der Waals surface area contributed by atoms with Crippen LogP contribution in [-0.2, 0) is 19.5 Å². The lowest BCUT2D eigenvalue weighted by molar-refractivity contribution is 0.0622. The summed E-state index contributed by atoms with van der Waals surface area (Å²) in [6.45, 7) is 6.84. The van der Waals surface area contributed by atoms with E-state index in [0.29, 0.717) is 18.1 Å². The molecule has 3 aromatic rings. The summed E-state index contributed by atoms with van der Waals surface area (Å²) >= 11 is 1.38. The molecule has 0 radical (unpaired) electrons. The van der Waals surface area contributed by atoms with Crippen molar-refractivity contribution in [3.63, 3.8) is 0 Å². The first-order valence-corrected chi connectivity index (χ1v) is 11.0. The van der Waals surface area contributed by atoms with Crippen LogP contribution in [0.15, 0.2) is 22.6 Å². The summed E-state index contributed by atoms with van der Waals surface area (Å²) in [5.41, 5.74) is 2.30. The van der Waals surface area contributed by atoms with Crippen molar-refractivity contribution in [2.45, 2.75) is 39.3 Å². The van der Waals surface area contributed by atoms with Crippen molar-refractivity contribution in [2.75, 3.05) is 26.2 Å². The number of hydrogen-bond donors (Lipinski definition) is 0. The number of aryl methyl sites for hydroxylation is 2. The fourth-order valence-corrected chi connectivity index (χ4v) is 5.01. The van der Waals surface area contributed by atoms with Crippen LogP contribution in [0, 0.1) is 6.92 Å². The van der Waals surface area contributed by atoms with Gasteiger partial charge in [-0.15, -0.1) is 11.3 Å². The first-order chi connectivity index (χ1) is 14.1. The Morgan fingerprint density at radius 3 is 2.83 bits per heavy atom. The molecule has 1 saturated heterocycles. The predicted molar refractivity (Wildman–Crippen MR) is 110 cm³/mol. The van der Waals surface area contributed by atoms with Gasteiger partial charge in [0.25, 0.3) is 11.5 Å². The van der Waals surface area contributed by atoms with Crippen LogP contribution in [-0.4, -0.2) is 60.8 Å². The number of aromatic nitrogens is 4. The van der Waals surface area contributed by atoms with E-state index in [9.17, 15) is 9.59 Å². The zero-order valence-electron chi connectivity index (χ0n) is 16.5. The van der Waals surface area contributed by atoms with Gasteiger partial charge in [0.15, 0.2) is 4.96 Å². The van der Waals surface area contributed by atoms with Gasteiger partial charge in [-0.1, -0.05) is 0 Å². The molecule has 0 aromatic carbocycles. The Hall–Kier alpha value is -2.52. The smallest absolute Gasteiger partial charge is 0.271 e. The van der Waals surface area contributed by atoms with E-state index in [-0.39, 0.29) is 17.0 Å². The number of rotatable bonds is 3. The first-order valence-electron chi connectivity index (χ1n) is 10.1. The van der Waals surface area contributed by atoms with E-state index >= 15 is 0 Å². The molecular formula is C20H24N6O2S. The highest BCUT2D eigenvalue weighted by Crippen LogP contribution is 2.21. The van der Waals surface area contributed by atoms with Crippen LogP contribution < -0.4 is 5.56 Å². The van der Waals surface area contributed by atoms with Crippen molar-refractivity contribution in [3.8, 4) is 0 Å². The van der Waals surface area contributed by atoms with Gasteiger partial charge in [0.05, 0.1) is 11.4 Å². The van der Waals surface area contributed by atoms with Crippen LogP contribution >= 0.6 is 11.3 Å². The Morgan fingerprint density at radius 2 is 2.00 bits per heavy atom. The Morgan fingerprint density at radius 1 is 1.17 bits per heavy atom. The number of carbonyl (C=O) groups excluding carboxylic acids is 1. The van der Waals surface area contributed by atoms with Crippen molar-refractivity contribution in [2.24, 2.45) is 0 Å². The second-order valence-corrected chi connectivity index (χ2v) is 8.64. The Balaban J connectivity index is 1.27. The van der Waals surface area contributed by atoms with Gasteiger partial charge in [-0.3, -0.25) is 18.9 Å². The zero-order valence-corrected chi connectivity index (χ0v) is 17.3. The summed E-state index contributed by atoms with van der Waals surface area (Å²) in [7, 11) is 0. The maximum atomic E-state index is 12.9. The molecule has 0 aliphatic carbocycles. The van der Waals surface area contributed by atoms with Crippen LogP contribution in [0.25, 0.3) is 4.96 Å². The fourth-order valence-electron chi connectivity index (χ4n) is 4.34. The lowest BCUT2D eigenvalue weighted by atomic mass is 10.1. The van der Waals surface area contributed by atoms with Gasteiger partial charge in [0.2, 0.25) is 0 Å². The van der Waals surface area contributed by atoms with Crippen molar-refractivity contribution >= 4 is 22.2 Å². The summed E-state index contributed by atoms with van der Waals surface area (Å²) in [5.74, 6) is 0.995. The lowest BCUT2D eigenvalue weighted by Gasteiger charge is -2.35. The minimum absolute atomic E-state index is 0.148. The Bertz CT molecular complexity index is 1120. The molecule has 0 N–H and O–H groups in total. The third-order valence-electron chi connectivity index (χ3n) is 5.99. The van der Waals surface area contributed by atoms with Crippen LogP contribution in [0.3, 0.4) is 0 Å². The van der Waals surface area contributed by atoms with E-state index in [1.54, 1.807) is 16.5 Å². The van der Waals surface area contributed by atoms with Crippen LogP contribution in [0.2, 0.25) is 0 Å². The van der Waals surface area contributed by atoms with Gasteiger partial charge in [-0.2, -0.15) is 0 Å². The van der Waals surface area contributed by atoms with E-state index in [1.807, 2.05) is 0 Å². The maximum Gasteiger partial charge on any atom is 0.271 e. The minimum Gasteiger partial charge on any atom is -0.336 e. The molecule has 0 bridgehead atoms. The number of hydrogen-bond acceptors (Lipinski definition) is 6. The summed E-state index contributed by atoms with van der Waals surface area (Å²) in [5, 5.41) is 1.80. The number of thiazole rings is 1. The summed E-state index contributed by atoms with van der Waals surface area (Å²) in [6, 6.07) is 0. The number of amides is 1. The standard InChI is InChI=1S/C20H24N6O2S/c1-14-16(25-5-3-2-4-17(25)22-14)13-23-6-8-24(9-7-23)18(27)15-12-21-20-26(19(15)28)10-11-29-20/h10-12H,2-9,13H2,1H3. The molecule has 29 heavy (non-hydrogen) atoms. The highest BCUT2D eigenvalue weighted by Gasteiger charge is 2.26. The van der Waals surface area contributed by atoms with Crippen LogP contribution in [0.4, 0.5) is 0 Å². The Labute approximate surface area is 172 Å². The van der Waals surface area contributed by atoms with Gasteiger partial charge in [0, 0.05) is 63.5 Å². The summed E-state index contributed by atoms with van der Waals surface area (Å²) in [6.07, 6.45) is 6.60. The molecular weight excluding hydrogens is 388 g/mol. The molecule has 0 spiro atoms. The zero-order chi connectivity index (χ0) is 20.0. The van der Waals surface area contributed by atoms with Gasteiger partial charge in [-0.05, 0) is 19.8 Å². The second-order valence-electron chi connectivity index (χ2n) is 7.77. The van der Waals surface area contributed by atoms with Crippen molar-refractivity contribution in [3.05, 3.63) is 50.9 Å². The Kier molecular flexibility index (Phi) is 4.71. The number of carbonyl (C=O) groups is 1. The first kappa shape index (κ1) is 18.5. The molecule has 0 saturated carbocycles. The molecule has 8 nitrogen and oxygen atoms in total. The number of nitrogens with zero attached hydrogens (tertiary/aromatic N) is 6. The number of fused-ring (bicyclic) bond motifs is 2. The normalized spacial score (nSPS) is 17.6. The second kappa shape index (κ2) is 7.38. The van der Waals surface area contributed by atoms with E-state index in [0.717, 1.165) is 38.3 Å². The molecule has 1 fully saturated rings. The highest BCUT2D eigenvalue weighted by molar-refractivity contribution is 7.15. The van der Waals surface area contributed by atoms with Crippen LogP contribution in [0.1, 0.15) is 40.4 Å². The van der Waals surface area contributed by atoms with E-state index in [4.69, 9.17) is 4.98 Å². The molecule has 5 heterocycles. The molecule has 2 aliphatic rings. The van der Waals surface area contributed by atoms with Gasteiger partial charge >= 0.3 is 0 Å². The monoisotopic (exact) mass is 412 g/mol. The van der Waals surface area contributed by atoms with Crippen LogP contribution in [0.5, 0.6) is 0 Å². The van der Waals surface area contributed by atoms with Gasteiger partial charge in [-0.25, -0.2) is 9.97 Å². The SMILES string of the molecule is Cc1nc2n(c1CN1CCN(C(=O)c3cnc4sccn4c3=O)CC1)CCCC2. The predicted octanol–water partition coefficient (Wildman–Crippen LogP) is 1.56. The van der Waals surface area contributed by atoms with E-state index in [1.165, 1.54) is 46.3 Å².